The van der Waals surface area contributed by atoms with Crippen molar-refractivity contribution in [3.05, 3.63) is 189 Å². The van der Waals surface area contributed by atoms with Crippen molar-refractivity contribution in [2.75, 3.05) is 26.4 Å². The maximum atomic E-state index is 11.8. The number of aromatic hydroxyl groups is 1. The first kappa shape index (κ1) is 46.5. The molecule has 0 aromatic heterocycles. The summed E-state index contributed by atoms with van der Waals surface area (Å²) in [7, 11) is -0.952. The molecule has 1 aliphatic carbocycles. The fraction of sp³-hybridized carbons (Fsp3) is 0.300. The predicted molar refractivity (Wildman–Crippen MR) is 275 cm³/mol. The third-order valence-corrected chi connectivity index (χ3v) is 14.4. The monoisotopic (exact) mass is 896 g/mol. The third-order valence-electron chi connectivity index (χ3n) is 12.0. The van der Waals surface area contributed by atoms with E-state index in [0.29, 0.717) is 52.1 Å². The molecule has 6 heteroatoms. The van der Waals surface area contributed by atoms with Crippen molar-refractivity contribution >= 4 is 23.8 Å². The average Bonchev–Trinajstić information content (AvgIpc) is 3.31. The summed E-state index contributed by atoms with van der Waals surface area (Å²) in [6.45, 7) is 15.3. The van der Waals surface area contributed by atoms with Crippen molar-refractivity contribution < 1.29 is 24.1 Å². The summed E-state index contributed by atoms with van der Waals surface area (Å²) >= 11 is 0. The number of ether oxygens (including phenoxy) is 4. The molecule has 8 bridgehead atoms. The Morgan fingerprint density at radius 3 is 1.14 bits per heavy atom. The molecule has 0 radical (unpaired) electrons. The number of phenolic OH excluding ortho intramolecular Hbond substituents is 1. The van der Waals surface area contributed by atoms with Crippen LogP contribution in [0.25, 0.3) is 11.1 Å². The summed E-state index contributed by atoms with van der Waals surface area (Å²) in [5, 5.41) is 15.6. The molecule has 0 fully saturated rings. The second-order valence-electron chi connectivity index (χ2n) is 17.7. The van der Waals surface area contributed by atoms with Gasteiger partial charge >= 0.3 is 0 Å². The molecule has 7 aromatic rings. The van der Waals surface area contributed by atoms with E-state index in [1.165, 1.54) is 32.6 Å². The zero-order valence-electron chi connectivity index (χ0n) is 39.7. The smallest absolute Gasteiger partial charge is 0.126 e. The number of para-hydroxylation sites is 1. The Balaban J connectivity index is 1.44. The SMILES string of the molecule is CCCOc1c2cccc1Cc1cc(P(c3ccccc3)c3ccccc3)cc(c1OCCC)Cc1cc(O)cc(c1OCCC)Cc1cc(-c3cc(C)cc(C)c3)cc(c1OCCC)C2. The minimum absolute atomic E-state index is 0.211. The minimum atomic E-state index is -0.952. The summed E-state index contributed by atoms with van der Waals surface area (Å²) in [6, 6.07) is 48.4. The standard InChI is InChI=1S/C60H65O5P/c1-7-24-62-57-43-18-17-19-44(57)32-51-39-56(66(54-20-13-11-14-21-54)55-22-15-12-16-23-55)40-52(60(51)65-27-10-4)36-50-38-53(61)37-49(59(50)64-26-9-3)35-48-34-46(45-29-41(5)28-42(6)30-45)33-47(31-43)58(48)63-25-8-2/h11-23,28-30,33-34,37-40,61H,7-10,24-27,31-32,35-36H2,1-6H3. The van der Waals surface area contributed by atoms with Crippen LogP contribution in [0, 0.1) is 13.8 Å². The fourth-order valence-electron chi connectivity index (χ4n) is 9.35. The van der Waals surface area contributed by atoms with Gasteiger partial charge < -0.3 is 24.1 Å². The summed E-state index contributed by atoms with van der Waals surface area (Å²) in [5.74, 6) is 3.72. The number of phenols is 1. The fourth-order valence-corrected chi connectivity index (χ4v) is 11.8. The first-order valence-corrected chi connectivity index (χ1v) is 25.4. The van der Waals surface area contributed by atoms with Gasteiger partial charge in [0.05, 0.1) is 26.4 Å². The van der Waals surface area contributed by atoms with Crippen LogP contribution in [-0.4, -0.2) is 31.5 Å². The highest BCUT2D eigenvalue weighted by atomic mass is 31.1. The maximum Gasteiger partial charge on any atom is 0.126 e. The average molecular weight is 897 g/mol. The molecule has 8 rings (SSSR count). The first-order chi connectivity index (χ1) is 32.3. The topological polar surface area (TPSA) is 57.2 Å². The van der Waals surface area contributed by atoms with Gasteiger partial charge in [0.15, 0.2) is 0 Å². The zero-order chi connectivity index (χ0) is 46.0. The van der Waals surface area contributed by atoms with Gasteiger partial charge in [-0.15, -0.1) is 0 Å². The van der Waals surface area contributed by atoms with Crippen LogP contribution in [0.1, 0.15) is 109 Å². The van der Waals surface area contributed by atoms with E-state index in [1.54, 1.807) is 0 Å². The van der Waals surface area contributed by atoms with E-state index < -0.39 is 7.92 Å². The number of rotatable bonds is 16. The van der Waals surface area contributed by atoms with E-state index in [0.717, 1.165) is 98.8 Å². The number of fused-ring (bicyclic) bond motifs is 8. The molecular formula is C60H65O5P. The van der Waals surface area contributed by atoms with Gasteiger partial charge in [0, 0.05) is 36.8 Å². The Hall–Kier alpha value is -6.03. The minimum Gasteiger partial charge on any atom is -0.508 e. The van der Waals surface area contributed by atoms with Gasteiger partial charge in [-0.3, -0.25) is 0 Å². The van der Waals surface area contributed by atoms with Crippen molar-refractivity contribution in [1.29, 1.82) is 0 Å². The normalized spacial score (nSPS) is 12.2. The molecule has 0 unspecified atom stereocenters. The summed E-state index contributed by atoms with van der Waals surface area (Å²) in [6.07, 6.45) is 5.70. The van der Waals surface area contributed by atoms with Crippen LogP contribution in [-0.2, 0) is 25.7 Å². The van der Waals surface area contributed by atoms with Gasteiger partial charge in [0.1, 0.15) is 28.7 Å². The molecule has 5 nitrogen and oxygen atoms in total. The molecule has 0 saturated heterocycles. The van der Waals surface area contributed by atoms with E-state index >= 15 is 0 Å². The van der Waals surface area contributed by atoms with Gasteiger partial charge in [-0.2, -0.15) is 0 Å². The molecule has 1 N–H and O–H groups in total. The van der Waals surface area contributed by atoms with E-state index in [4.69, 9.17) is 18.9 Å². The lowest BCUT2D eigenvalue weighted by atomic mass is 9.89. The predicted octanol–water partition coefficient (Wildman–Crippen LogP) is 13.3. The van der Waals surface area contributed by atoms with Gasteiger partial charge in [0.25, 0.3) is 0 Å². The van der Waals surface area contributed by atoms with Gasteiger partial charge in [-0.1, -0.05) is 136 Å². The quantitative estimate of drug-likeness (QED) is 0.0979. The number of hydrogen-bond acceptors (Lipinski definition) is 5. The molecule has 1 aliphatic rings. The molecule has 340 valence electrons. The molecule has 0 atom stereocenters. The summed E-state index contributed by atoms with van der Waals surface area (Å²) in [5.41, 5.74) is 13.2. The van der Waals surface area contributed by atoms with Crippen molar-refractivity contribution in [1.82, 2.24) is 0 Å². The highest BCUT2D eigenvalue weighted by Crippen LogP contribution is 2.43. The Labute approximate surface area is 394 Å². The van der Waals surface area contributed by atoms with Crippen LogP contribution < -0.4 is 34.9 Å². The van der Waals surface area contributed by atoms with Crippen molar-refractivity contribution in [3.8, 4) is 39.9 Å². The molecule has 0 spiro atoms. The molecule has 66 heavy (non-hydrogen) atoms. The molecule has 0 saturated carbocycles. The largest absolute Gasteiger partial charge is 0.508 e. The van der Waals surface area contributed by atoms with Crippen LogP contribution >= 0.6 is 7.92 Å². The lowest BCUT2D eigenvalue weighted by molar-refractivity contribution is 0.304. The Morgan fingerprint density at radius 2 is 0.727 bits per heavy atom. The second kappa shape index (κ2) is 22.0. The van der Waals surface area contributed by atoms with Crippen LogP contribution in [0.15, 0.2) is 133 Å². The van der Waals surface area contributed by atoms with Crippen LogP contribution in [0.4, 0.5) is 0 Å². The van der Waals surface area contributed by atoms with Crippen LogP contribution in [0.3, 0.4) is 0 Å². The van der Waals surface area contributed by atoms with Gasteiger partial charge in [0.2, 0.25) is 0 Å². The Morgan fingerprint density at radius 1 is 0.379 bits per heavy atom. The Kier molecular flexibility index (Phi) is 15.5. The molecule has 0 amide bonds. The van der Waals surface area contributed by atoms with E-state index in [9.17, 15) is 5.11 Å². The van der Waals surface area contributed by atoms with Gasteiger partial charge in [-0.25, -0.2) is 0 Å². The first-order valence-electron chi connectivity index (χ1n) is 24.0. The second-order valence-corrected chi connectivity index (χ2v) is 19.9. The lowest BCUT2D eigenvalue weighted by Gasteiger charge is -2.26. The number of benzene rings is 7. The lowest BCUT2D eigenvalue weighted by Crippen LogP contribution is -2.22. The maximum absolute atomic E-state index is 11.8. The van der Waals surface area contributed by atoms with Crippen molar-refractivity contribution in [2.45, 2.75) is 92.9 Å². The number of aryl methyl sites for hydroxylation is 2. The van der Waals surface area contributed by atoms with E-state index in [-0.39, 0.29) is 5.75 Å². The van der Waals surface area contributed by atoms with Gasteiger partial charge in [-0.05, 0) is 144 Å². The highest BCUT2D eigenvalue weighted by molar-refractivity contribution is 7.79. The zero-order valence-corrected chi connectivity index (χ0v) is 40.6. The van der Waals surface area contributed by atoms with Crippen LogP contribution in [0.5, 0.6) is 28.7 Å². The molecular weight excluding hydrogens is 832 g/mol. The summed E-state index contributed by atoms with van der Waals surface area (Å²) < 4.78 is 27.5. The molecule has 0 heterocycles. The van der Waals surface area contributed by atoms with E-state index in [2.05, 4.69) is 163 Å². The highest BCUT2D eigenvalue weighted by Gasteiger charge is 2.26. The van der Waals surface area contributed by atoms with Crippen LogP contribution in [0.2, 0.25) is 0 Å². The Bertz CT molecular complexity index is 2680. The molecule has 0 aliphatic heterocycles. The van der Waals surface area contributed by atoms with Crippen molar-refractivity contribution in [3.63, 3.8) is 0 Å². The molecule has 7 aromatic carbocycles. The van der Waals surface area contributed by atoms with E-state index in [1.807, 2.05) is 12.1 Å². The van der Waals surface area contributed by atoms with Crippen molar-refractivity contribution in [2.24, 2.45) is 0 Å². The summed E-state index contributed by atoms with van der Waals surface area (Å²) in [4.78, 5) is 0. The third kappa shape index (κ3) is 10.8. The number of hydrogen-bond donors (Lipinski definition) is 1.